The molecule has 0 heterocycles. The van der Waals surface area contributed by atoms with Gasteiger partial charge in [0.25, 0.3) is 0 Å². The van der Waals surface area contributed by atoms with E-state index in [1.54, 1.807) is 18.2 Å². The first-order valence-electron chi connectivity index (χ1n) is 4.28. The van der Waals surface area contributed by atoms with Gasteiger partial charge in [-0.05, 0) is 30.4 Å². The van der Waals surface area contributed by atoms with Crippen LogP contribution in [0, 0.1) is 0 Å². The Labute approximate surface area is 137 Å². The number of hydrogen-bond donors (Lipinski definition) is 0. The van der Waals surface area contributed by atoms with Gasteiger partial charge in [0.1, 0.15) is 11.5 Å². The quantitative estimate of drug-likeness (QED) is 0.434. The van der Waals surface area contributed by atoms with Crippen LogP contribution in [0.4, 0.5) is 0 Å². The number of carbonyl (C=O) groups excluding carboxylic acids is 1. The molecule has 0 aliphatic rings. The largest absolute Gasteiger partial charge is 1.00 e. The second-order valence-corrected chi connectivity index (χ2v) is 2.76. The summed E-state index contributed by atoms with van der Waals surface area (Å²) in [6.07, 6.45) is 2.34. The van der Waals surface area contributed by atoms with Crippen LogP contribution in [0.25, 0.3) is 6.08 Å². The van der Waals surface area contributed by atoms with Crippen molar-refractivity contribution in [2.75, 3.05) is 14.2 Å². The molecule has 1 rings (SSSR count). The third-order valence-corrected chi connectivity index (χ3v) is 1.84. The molecule has 1 aromatic rings. The van der Waals surface area contributed by atoms with E-state index in [0.717, 1.165) is 6.08 Å². The molecule has 0 N–H and O–H groups in total. The molecular weight excluding hydrogens is 235 g/mol. The average molecular weight is 246 g/mol. The molecule has 0 aliphatic heterocycles. The second kappa shape index (κ2) is 7.86. The van der Waals surface area contributed by atoms with Crippen molar-refractivity contribution in [3.63, 3.8) is 0 Å². The fourth-order valence-electron chi connectivity index (χ4n) is 1.13. The zero-order valence-electron chi connectivity index (χ0n) is 9.52. The Morgan fingerprint density at radius 3 is 2.50 bits per heavy atom. The minimum absolute atomic E-state index is 0. The smallest absolute Gasteiger partial charge is 0.545 e. The van der Waals surface area contributed by atoms with Crippen molar-refractivity contribution in [1.82, 2.24) is 0 Å². The molecule has 1 aromatic carbocycles. The summed E-state index contributed by atoms with van der Waals surface area (Å²) in [7, 11) is 3.05. The molecule has 0 saturated heterocycles. The van der Waals surface area contributed by atoms with Crippen molar-refractivity contribution in [1.29, 1.82) is 0 Å². The summed E-state index contributed by atoms with van der Waals surface area (Å²) in [4.78, 5) is 10.3. The number of carboxylic acid groups (broad SMARTS) is 1. The minimum atomic E-state index is -1.25. The average Bonchev–Trinajstić information content (AvgIpc) is 2.25. The summed E-state index contributed by atoms with van der Waals surface area (Å²) in [5.41, 5.74) is 0.626. The molecular formula is C11H11KO4. The van der Waals surface area contributed by atoms with E-state index >= 15 is 0 Å². The van der Waals surface area contributed by atoms with Crippen LogP contribution in [0.1, 0.15) is 5.56 Å². The first kappa shape index (κ1) is 15.7. The fourth-order valence-corrected chi connectivity index (χ4v) is 1.13. The molecule has 0 bridgehead atoms. The van der Waals surface area contributed by atoms with Crippen molar-refractivity contribution < 1.29 is 70.8 Å². The molecule has 0 radical (unpaired) electrons. The number of rotatable bonds is 4. The normalized spacial score (nSPS) is 9.62. The van der Waals surface area contributed by atoms with Gasteiger partial charge in [0, 0.05) is 5.56 Å². The molecule has 0 amide bonds. The Morgan fingerprint density at radius 2 is 2.00 bits per heavy atom. The van der Waals surface area contributed by atoms with Crippen LogP contribution in [0.15, 0.2) is 24.3 Å². The zero-order valence-corrected chi connectivity index (χ0v) is 12.6. The van der Waals surface area contributed by atoms with E-state index < -0.39 is 5.97 Å². The van der Waals surface area contributed by atoms with Crippen LogP contribution in [-0.4, -0.2) is 20.2 Å². The van der Waals surface area contributed by atoms with Crippen molar-refractivity contribution in [2.45, 2.75) is 0 Å². The van der Waals surface area contributed by atoms with E-state index in [-0.39, 0.29) is 51.4 Å². The van der Waals surface area contributed by atoms with E-state index in [0.29, 0.717) is 17.1 Å². The molecule has 80 valence electrons. The van der Waals surface area contributed by atoms with E-state index in [4.69, 9.17) is 9.47 Å². The summed E-state index contributed by atoms with van der Waals surface area (Å²) in [6.45, 7) is 0. The Morgan fingerprint density at radius 1 is 1.31 bits per heavy atom. The molecule has 16 heavy (non-hydrogen) atoms. The summed E-state index contributed by atoms with van der Waals surface area (Å²) in [5, 5.41) is 10.3. The van der Waals surface area contributed by atoms with Crippen molar-refractivity contribution in [3.05, 3.63) is 29.8 Å². The molecule has 0 fully saturated rings. The number of methoxy groups -OCH3 is 2. The Hall–Kier alpha value is -0.334. The van der Waals surface area contributed by atoms with Crippen LogP contribution in [0.2, 0.25) is 0 Å². The first-order valence-corrected chi connectivity index (χ1v) is 4.28. The van der Waals surface area contributed by atoms with Gasteiger partial charge in [0.2, 0.25) is 0 Å². The van der Waals surface area contributed by atoms with Crippen LogP contribution in [0.5, 0.6) is 11.5 Å². The summed E-state index contributed by atoms with van der Waals surface area (Å²) >= 11 is 0. The van der Waals surface area contributed by atoms with Gasteiger partial charge in [0.15, 0.2) is 0 Å². The third kappa shape index (κ3) is 4.67. The first-order chi connectivity index (χ1) is 7.17. The van der Waals surface area contributed by atoms with Gasteiger partial charge >= 0.3 is 51.4 Å². The number of aliphatic carboxylic acids is 1. The van der Waals surface area contributed by atoms with Crippen LogP contribution in [0.3, 0.4) is 0 Å². The second-order valence-electron chi connectivity index (χ2n) is 2.76. The summed E-state index contributed by atoms with van der Waals surface area (Å²) in [5.74, 6) is -0.0398. The Balaban J connectivity index is 0.00000225. The van der Waals surface area contributed by atoms with Crippen molar-refractivity contribution in [2.24, 2.45) is 0 Å². The van der Waals surface area contributed by atoms with Crippen LogP contribution < -0.4 is 66.0 Å². The predicted octanol–water partition coefficient (Wildman–Crippen LogP) is -2.53. The van der Waals surface area contributed by atoms with E-state index in [1.165, 1.54) is 20.3 Å². The van der Waals surface area contributed by atoms with Gasteiger partial charge in [-0.25, -0.2) is 0 Å². The van der Waals surface area contributed by atoms with Gasteiger partial charge < -0.3 is 19.4 Å². The van der Waals surface area contributed by atoms with E-state index in [9.17, 15) is 9.90 Å². The summed E-state index contributed by atoms with van der Waals surface area (Å²) < 4.78 is 10.1. The molecule has 0 atom stereocenters. The SMILES string of the molecule is COc1ccc(OC)c(C=CC(=O)[O-])c1.[K+]. The molecule has 4 nitrogen and oxygen atoms in total. The number of benzene rings is 1. The Bertz CT molecular complexity index is 388. The van der Waals surface area contributed by atoms with Gasteiger partial charge in [0.05, 0.1) is 20.2 Å². The number of ether oxygens (including phenoxy) is 2. The molecule has 0 unspecified atom stereocenters. The maximum Gasteiger partial charge on any atom is 1.00 e. The van der Waals surface area contributed by atoms with Gasteiger partial charge in [-0.2, -0.15) is 0 Å². The fraction of sp³-hybridized carbons (Fsp3) is 0.182. The summed E-state index contributed by atoms with van der Waals surface area (Å²) in [6, 6.07) is 5.11. The third-order valence-electron chi connectivity index (χ3n) is 1.84. The molecule has 5 heteroatoms. The van der Waals surface area contributed by atoms with Crippen molar-refractivity contribution in [3.8, 4) is 11.5 Å². The topological polar surface area (TPSA) is 58.6 Å². The number of hydrogen-bond acceptors (Lipinski definition) is 4. The Kier molecular flexibility index (Phi) is 7.70. The molecule has 0 spiro atoms. The predicted molar refractivity (Wildman–Crippen MR) is 53.6 cm³/mol. The molecule has 0 aliphatic carbocycles. The molecule has 0 saturated carbocycles. The van der Waals surface area contributed by atoms with E-state index in [2.05, 4.69) is 0 Å². The monoisotopic (exact) mass is 246 g/mol. The number of carboxylic acids is 1. The standard InChI is InChI=1S/C11H12O4.K/c1-14-9-4-5-10(15-2)8(7-9)3-6-11(12)13;/h3-7H,1-2H3,(H,12,13);/q;+1/p-1. The maximum atomic E-state index is 10.3. The van der Waals surface area contributed by atoms with Gasteiger partial charge in [-0.15, -0.1) is 0 Å². The van der Waals surface area contributed by atoms with Crippen LogP contribution >= 0.6 is 0 Å². The van der Waals surface area contributed by atoms with E-state index in [1.807, 2.05) is 0 Å². The van der Waals surface area contributed by atoms with Crippen LogP contribution in [-0.2, 0) is 4.79 Å². The van der Waals surface area contributed by atoms with Gasteiger partial charge in [-0.1, -0.05) is 0 Å². The maximum absolute atomic E-state index is 10.3. The molecule has 0 aromatic heterocycles. The zero-order chi connectivity index (χ0) is 11.3. The number of carbonyl (C=O) groups is 1. The minimum Gasteiger partial charge on any atom is -0.545 e. The van der Waals surface area contributed by atoms with Crippen molar-refractivity contribution >= 4 is 12.0 Å². The van der Waals surface area contributed by atoms with Gasteiger partial charge in [-0.3, -0.25) is 0 Å².